The minimum absolute atomic E-state index is 0.750. The lowest BCUT2D eigenvalue weighted by atomic mass is 10.2. The first-order valence-electron chi connectivity index (χ1n) is 2.87. The topological polar surface area (TPSA) is 83.5 Å². The van der Waals surface area contributed by atoms with Gasteiger partial charge in [-0.15, -0.1) is 0 Å². The lowest BCUT2D eigenvalue weighted by molar-refractivity contribution is -0.140. The van der Waals surface area contributed by atoms with Crippen LogP contribution >= 0.6 is 34.8 Å². The third kappa shape index (κ3) is 12.9. The van der Waals surface area contributed by atoms with E-state index in [4.69, 9.17) is 50.7 Å². The molecule has 7 heteroatoms. The maximum Gasteiger partial charge on any atom is 0.323 e. The molecule has 2 atom stereocenters. The fraction of sp³-hybridized carbons (Fsp3) is 0.800. The number of rotatable bonds is 2. The van der Waals surface area contributed by atoms with Gasteiger partial charge < -0.3 is 15.9 Å². The summed E-state index contributed by atoms with van der Waals surface area (Å²) in [6.07, 6.45) is -0.979. The highest BCUT2D eigenvalue weighted by atomic mass is 35.6. The highest BCUT2D eigenvalue weighted by Crippen LogP contribution is 2.03. The molecular formula is C5H10Cl3NO3. The van der Waals surface area contributed by atoms with Crippen molar-refractivity contribution in [2.45, 2.75) is 23.4 Å². The number of nitrogens with two attached hydrogens (primary N) is 1. The van der Waals surface area contributed by atoms with Gasteiger partial charge >= 0.3 is 5.97 Å². The SMILES string of the molecule is CC(O)C(N)C(=O)O.ClC(Cl)Cl. The number of alkyl halides is 3. The van der Waals surface area contributed by atoms with Crippen molar-refractivity contribution in [2.75, 3.05) is 0 Å². The zero-order valence-corrected chi connectivity index (χ0v) is 8.51. The van der Waals surface area contributed by atoms with Gasteiger partial charge in [-0.1, -0.05) is 34.8 Å². The summed E-state index contributed by atoms with van der Waals surface area (Å²) < 4.78 is -0.750. The van der Waals surface area contributed by atoms with Crippen LogP contribution in [0.1, 0.15) is 6.92 Å². The van der Waals surface area contributed by atoms with Crippen molar-refractivity contribution in [3.63, 3.8) is 0 Å². The van der Waals surface area contributed by atoms with Gasteiger partial charge in [0.05, 0.1) is 6.10 Å². The fourth-order valence-electron chi connectivity index (χ4n) is 0.206. The Kier molecular flexibility index (Phi) is 9.70. The quantitative estimate of drug-likeness (QED) is 0.620. The lowest BCUT2D eigenvalue weighted by Gasteiger charge is -2.06. The molecule has 4 N–H and O–H groups in total. The maximum absolute atomic E-state index is 9.86. The Morgan fingerprint density at radius 2 is 1.67 bits per heavy atom. The average Bonchev–Trinajstić information content (AvgIpc) is 1.84. The molecule has 0 fully saturated rings. The monoisotopic (exact) mass is 237 g/mol. The van der Waals surface area contributed by atoms with Crippen molar-refractivity contribution in [1.29, 1.82) is 0 Å². The molecule has 0 bridgehead atoms. The molecule has 12 heavy (non-hydrogen) atoms. The van der Waals surface area contributed by atoms with Crippen molar-refractivity contribution in [1.82, 2.24) is 0 Å². The molecule has 0 aromatic heterocycles. The smallest absolute Gasteiger partial charge is 0.323 e. The van der Waals surface area contributed by atoms with Crippen LogP contribution in [0.5, 0.6) is 0 Å². The molecule has 0 aromatic carbocycles. The van der Waals surface area contributed by atoms with Crippen LogP contribution in [-0.4, -0.2) is 32.6 Å². The molecular weight excluding hydrogens is 228 g/mol. The van der Waals surface area contributed by atoms with Crippen LogP contribution in [0.25, 0.3) is 0 Å². The van der Waals surface area contributed by atoms with Gasteiger partial charge in [-0.05, 0) is 6.92 Å². The first-order chi connectivity index (χ1) is 5.29. The Balaban J connectivity index is 0. The van der Waals surface area contributed by atoms with Crippen molar-refractivity contribution in [2.24, 2.45) is 5.73 Å². The number of carboxylic acid groups (broad SMARTS) is 1. The molecule has 0 saturated carbocycles. The van der Waals surface area contributed by atoms with Crippen molar-refractivity contribution >= 4 is 40.8 Å². The van der Waals surface area contributed by atoms with E-state index in [1.807, 2.05) is 0 Å². The Morgan fingerprint density at radius 3 is 1.67 bits per heavy atom. The third-order valence-electron chi connectivity index (χ3n) is 0.805. The zero-order chi connectivity index (χ0) is 10.3. The summed E-state index contributed by atoms with van der Waals surface area (Å²) in [4.78, 5) is 9.86. The number of carboxylic acids is 1. The van der Waals surface area contributed by atoms with E-state index in [1.54, 1.807) is 0 Å². The molecule has 0 saturated heterocycles. The standard InChI is InChI=1S/C4H9NO3.CHCl3/c1-2(6)3(5)4(7)8;2-1(3)4/h2-3,6H,5H2,1H3,(H,7,8);1H. The van der Waals surface area contributed by atoms with Gasteiger partial charge in [0, 0.05) is 0 Å². The molecule has 2 unspecified atom stereocenters. The van der Waals surface area contributed by atoms with Crippen LogP contribution in [0, 0.1) is 0 Å². The van der Waals surface area contributed by atoms with Gasteiger partial charge in [0.2, 0.25) is 0 Å². The summed E-state index contributed by atoms with van der Waals surface area (Å²) in [7, 11) is 0. The van der Waals surface area contributed by atoms with E-state index >= 15 is 0 Å². The Hall–Kier alpha value is 0.260. The van der Waals surface area contributed by atoms with Gasteiger partial charge in [0.25, 0.3) is 0 Å². The molecule has 0 heterocycles. The van der Waals surface area contributed by atoms with Crippen molar-refractivity contribution < 1.29 is 15.0 Å². The van der Waals surface area contributed by atoms with Crippen LogP contribution in [0.3, 0.4) is 0 Å². The highest BCUT2D eigenvalue weighted by molar-refractivity contribution is 6.63. The van der Waals surface area contributed by atoms with Crippen molar-refractivity contribution in [3.05, 3.63) is 0 Å². The van der Waals surface area contributed by atoms with Crippen LogP contribution in [-0.2, 0) is 4.79 Å². The molecule has 0 spiro atoms. The molecule has 0 aliphatic rings. The van der Waals surface area contributed by atoms with Gasteiger partial charge in [0.15, 0.2) is 4.30 Å². The van der Waals surface area contributed by atoms with E-state index in [0.717, 1.165) is 0 Å². The number of carbonyl (C=O) groups is 1. The largest absolute Gasteiger partial charge is 0.480 e. The Bertz CT molecular complexity index is 128. The minimum Gasteiger partial charge on any atom is -0.480 e. The second kappa shape index (κ2) is 7.89. The number of hydrogen-bond donors (Lipinski definition) is 3. The normalized spacial score (nSPS) is 14.6. The lowest BCUT2D eigenvalue weighted by Crippen LogP contribution is -2.39. The first kappa shape index (κ1) is 14.8. The van der Waals surface area contributed by atoms with Crippen LogP contribution in [0.15, 0.2) is 0 Å². The summed E-state index contributed by atoms with van der Waals surface area (Å²) in [6, 6.07) is -1.16. The van der Waals surface area contributed by atoms with Gasteiger partial charge in [0.1, 0.15) is 6.04 Å². The Labute approximate surface area is 85.2 Å². The highest BCUT2D eigenvalue weighted by Gasteiger charge is 2.16. The summed E-state index contributed by atoms with van der Waals surface area (Å²) in [5.74, 6) is -1.18. The van der Waals surface area contributed by atoms with Crippen molar-refractivity contribution in [3.8, 4) is 0 Å². The second-order valence-corrected chi connectivity index (χ2v) is 3.83. The van der Waals surface area contributed by atoms with E-state index in [9.17, 15) is 4.79 Å². The molecule has 0 aromatic rings. The number of halogens is 3. The molecule has 4 nitrogen and oxygen atoms in total. The van der Waals surface area contributed by atoms with E-state index in [1.165, 1.54) is 6.92 Å². The summed E-state index contributed by atoms with van der Waals surface area (Å²) in [6.45, 7) is 1.33. The number of aliphatic hydroxyl groups excluding tert-OH is 1. The third-order valence-corrected chi connectivity index (χ3v) is 0.805. The molecule has 0 aliphatic carbocycles. The van der Waals surface area contributed by atoms with E-state index < -0.39 is 22.4 Å². The first-order valence-corrected chi connectivity index (χ1v) is 4.18. The fourth-order valence-corrected chi connectivity index (χ4v) is 0.206. The molecule has 0 aliphatic heterocycles. The minimum atomic E-state index is -1.18. The van der Waals surface area contributed by atoms with E-state index in [-0.39, 0.29) is 0 Å². The molecule has 0 radical (unpaired) electrons. The second-order valence-electron chi connectivity index (χ2n) is 1.85. The summed E-state index contributed by atoms with van der Waals surface area (Å²) in [5.41, 5.74) is 4.91. The van der Waals surface area contributed by atoms with E-state index in [2.05, 4.69) is 0 Å². The van der Waals surface area contributed by atoms with Gasteiger partial charge in [-0.25, -0.2) is 0 Å². The molecule has 0 amide bonds. The predicted octanol–water partition coefficient (Wildman–Crippen LogP) is 0.766. The van der Waals surface area contributed by atoms with Crippen LogP contribution in [0.2, 0.25) is 0 Å². The number of aliphatic carboxylic acids is 1. The predicted molar refractivity (Wildman–Crippen MR) is 48.6 cm³/mol. The molecule has 0 rings (SSSR count). The summed E-state index contributed by atoms with van der Waals surface area (Å²) >= 11 is 14.4. The zero-order valence-electron chi connectivity index (χ0n) is 6.25. The average molecular weight is 238 g/mol. The summed E-state index contributed by atoms with van der Waals surface area (Å²) in [5, 5.41) is 16.6. The Morgan fingerprint density at radius 1 is 1.42 bits per heavy atom. The van der Waals surface area contributed by atoms with E-state index in [0.29, 0.717) is 0 Å². The van der Waals surface area contributed by atoms with Gasteiger partial charge in [-0.2, -0.15) is 0 Å². The number of aliphatic hydroxyl groups is 1. The van der Waals surface area contributed by atoms with Crippen LogP contribution < -0.4 is 5.73 Å². The van der Waals surface area contributed by atoms with Crippen LogP contribution in [0.4, 0.5) is 0 Å². The molecule has 74 valence electrons. The number of hydrogen-bond acceptors (Lipinski definition) is 3. The van der Waals surface area contributed by atoms with Gasteiger partial charge in [-0.3, -0.25) is 4.79 Å². The maximum atomic E-state index is 9.86.